The summed E-state index contributed by atoms with van der Waals surface area (Å²) in [6.45, 7) is 3.93. The molecule has 1 aromatic carbocycles. The highest BCUT2D eigenvalue weighted by Gasteiger charge is 2.21. The van der Waals surface area contributed by atoms with Gasteiger partial charge in [-0.1, -0.05) is 15.9 Å². The third-order valence-corrected chi connectivity index (χ3v) is 3.30. The molecule has 0 aromatic heterocycles. The van der Waals surface area contributed by atoms with Gasteiger partial charge in [-0.3, -0.25) is 4.79 Å². The van der Waals surface area contributed by atoms with Crippen LogP contribution in [0.1, 0.15) is 6.92 Å². The van der Waals surface area contributed by atoms with Crippen molar-refractivity contribution in [2.45, 2.75) is 13.0 Å². The molecule has 4 nitrogen and oxygen atoms in total. The predicted octanol–water partition coefficient (Wildman–Crippen LogP) is 2.08. The molecular weight excluding hydrogens is 298 g/mol. The van der Waals surface area contributed by atoms with Crippen molar-refractivity contribution in [3.63, 3.8) is 0 Å². The molecule has 0 N–H and O–H groups in total. The fourth-order valence-electron chi connectivity index (χ4n) is 1.81. The van der Waals surface area contributed by atoms with E-state index in [-0.39, 0.29) is 18.6 Å². The van der Waals surface area contributed by atoms with Gasteiger partial charge in [0, 0.05) is 17.6 Å². The normalized spacial score (nSPS) is 19.7. The van der Waals surface area contributed by atoms with Gasteiger partial charge in [0.2, 0.25) is 0 Å². The molecule has 0 saturated carbocycles. The SMILES string of the molecule is CC1CN(C(=O)COc2ccc(Br)cc2)CCO1. The van der Waals surface area contributed by atoms with Crippen LogP contribution in [0.25, 0.3) is 0 Å². The molecule has 5 heteroatoms. The molecule has 18 heavy (non-hydrogen) atoms. The molecule has 1 heterocycles. The van der Waals surface area contributed by atoms with E-state index in [0.717, 1.165) is 4.47 Å². The third kappa shape index (κ3) is 3.71. The highest BCUT2D eigenvalue weighted by molar-refractivity contribution is 9.10. The summed E-state index contributed by atoms with van der Waals surface area (Å²) < 4.78 is 11.8. The number of hydrogen-bond donors (Lipinski definition) is 0. The number of benzene rings is 1. The van der Waals surface area contributed by atoms with Crippen LogP contribution in [0.5, 0.6) is 5.75 Å². The maximum atomic E-state index is 11.9. The van der Waals surface area contributed by atoms with E-state index >= 15 is 0 Å². The molecule has 1 unspecified atom stereocenters. The van der Waals surface area contributed by atoms with Gasteiger partial charge in [-0.25, -0.2) is 0 Å². The van der Waals surface area contributed by atoms with Crippen molar-refractivity contribution in [3.05, 3.63) is 28.7 Å². The Morgan fingerprint density at radius 1 is 1.50 bits per heavy atom. The second-order valence-corrected chi connectivity index (χ2v) is 5.18. The van der Waals surface area contributed by atoms with Gasteiger partial charge in [0.05, 0.1) is 12.7 Å². The molecule has 0 bridgehead atoms. The van der Waals surface area contributed by atoms with E-state index < -0.39 is 0 Å². The van der Waals surface area contributed by atoms with Gasteiger partial charge < -0.3 is 14.4 Å². The molecule has 98 valence electrons. The summed E-state index contributed by atoms with van der Waals surface area (Å²) >= 11 is 3.35. The van der Waals surface area contributed by atoms with E-state index in [2.05, 4.69) is 15.9 Å². The van der Waals surface area contributed by atoms with E-state index in [0.29, 0.717) is 25.4 Å². The molecule has 2 rings (SSSR count). The zero-order valence-corrected chi connectivity index (χ0v) is 11.9. The van der Waals surface area contributed by atoms with Gasteiger partial charge in [0.15, 0.2) is 6.61 Å². The van der Waals surface area contributed by atoms with Crippen molar-refractivity contribution in [3.8, 4) is 5.75 Å². The van der Waals surface area contributed by atoms with Crippen LogP contribution in [-0.2, 0) is 9.53 Å². The lowest BCUT2D eigenvalue weighted by Crippen LogP contribution is -2.46. The number of nitrogens with zero attached hydrogens (tertiary/aromatic N) is 1. The second kappa shape index (κ2) is 6.20. The van der Waals surface area contributed by atoms with E-state index in [1.807, 2.05) is 31.2 Å². The minimum atomic E-state index is 0.00747. The Kier molecular flexibility index (Phi) is 4.60. The van der Waals surface area contributed by atoms with Crippen LogP contribution in [0.2, 0.25) is 0 Å². The first-order chi connectivity index (χ1) is 8.65. The first-order valence-electron chi connectivity index (χ1n) is 5.93. The lowest BCUT2D eigenvalue weighted by molar-refractivity contribution is -0.140. The molecule has 0 aliphatic carbocycles. The van der Waals surface area contributed by atoms with Crippen molar-refractivity contribution in [1.29, 1.82) is 0 Å². The highest BCUT2D eigenvalue weighted by atomic mass is 79.9. The largest absolute Gasteiger partial charge is 0.484 e. The van der Waals surface area contributed by atoms with E-state index in [4.69, 9.17) is 9.47 Å². The monoisotopic (exact) mass is 313 g/mol. The number of morpholine rings is 1. The number of carbonyl (C=O) groups excluding carboxylic acids is 1. The van der Waals surface area contributed by atoms with Crippen LogP contribution in [0, 0.1) is 0 Å². The average Bonchev–Trinajstić information content (AvgIpc) is 2.38. The number of ether oxygens (including phenoxy) is 2. The maximum Gasteiger partial charge on any atom is 0.260 e. The molecule has 1 atom stereocenters. The number of rotatable bonds is 3. The summed E-state index contributed by atoms with van der Waals surface area (Å²) in [5, 5.41) is 0. The van der Waals surface area contributed by atoms with Gasteiger partial charge in [-0.15, -0.1) is 0 Å². The molecule has 1 fully saturated rings. The van der Waals surface area contributed by atoms with E-state index in [1.165, 1.54) is 0 Å². The molecule has 1 aromatic rings. The fraction of sp³-hybridized carbons (Fsp3) is 0.462. The second-order valence-electron chi connectivity index (χ2n) is 4.26. The maximum absolute atomic E-state index is 11.9. The molecule has 1 aliphatic heterocycles. The highest BCUT2D eigenvalue weighted by Crippen LogP contribution is 2.16. The van der Waals surface area contributed by atoms with Gasteiger partial charge >= 0.3 is 0 Å². The zero-order valence-electron chi connectivity index (χ0n) is 10.3. The lowest BCUT2D eigenvalue weighted by Gasteiger charge is -2.31. The Bertz CT molecular complexity index is 407. The smallest absolute Gasteiger partial charge is 0.260 e. The summed E-state index contributed by atoms with van der Waals surface area (Å²) in [5.74, 6) is 0.709. The third-order valence-electron chi connectivity index (χ3n) is 2.77. The Balaban J connectivity index is 1.82. The van der Waals surface area contributed by atoms with Crippen LogP contribution < -0.4 is 4.74 Å². The Morgan fingerprint density at radius 2 is 2.22 bits per heavy atom. The van der Waals surface area contributed by atoms with Crippen LogP contribution >= 0.6 is 15.9 Å². The number of halogens is 1. The van der Waals surface area contributed by atoms with Gasteiger partial charge in [0.25, 0.3) is 5.91 Å². The van der Waals surface area contributed by atoms with Gasteiger partial charge in [0.1, 0.15) is 5.75 Å². The minimum absolute atomic E-state index is 0.00747. The topological polar surface area (TPSA) is 38.8 Å². The Hall–Kier alpha value is -1.07. The van der Waals surface area contributed by atoms with Gasteiger partial charge in [-0.2, -0.15) is 0 Å². The summed E-state index contributed by atoms with van der Waals surface area (Å²) in [5.41, 5.74) is 0. The van der Waals surface area contributed by atoms with Crippen molar-refractivity contribution in [1.82, 2.24) is 4.90 Å². The van der Waals surface area contributed by atoms with E-state index in [9.17, 15) is 4.79 Å². The minimum Gasteiger partial charge on any atom is -0.484 e. The lowest BCUT2D eigenvalue weighted by atomic mass is 10.3. The van der Waals surface area contributed by atoms with Crippen molar-refractivity contribution >= 4 is 21.8 Å². The van der Waals surface area contributed by atoms with Crippen molar-refractivity contribution in [2.75, 3.05) is 26.3 Å². The average molecular weight is 314 g/mol. The zero-order chi connectivity index (χ0) is 13.0. The first kappa shape index (κ1) is 13.4. The fourth-order valence-corrected chi connectivity index (χ4v) is 2.08. The van der Waals surface area contributed by atoms with Crippen LogP contribution in [-0.4, -0.2) is 43.2 Å². The summed E-state index contributed by atoms with van der Waals surface area (Å²) in [6.07, 6.45) is 0.107. The predicted molar refractivity (Wildman–Crippen MR) is 71.6 cm³/mol. The Labute approximate surface area is 115 Å². The molecule has 0 spiro atoms. The summed E-state index contributed by atoms with van der Waals surface area (Å²) in [6, 6.07) is 7.44. The number of hydrogen-bond acceptors (Lipinski definition) is 3. The molecule has 0 radical (unpaired) electrons. The van der Waals surface area contributed by atoms with Crippen molar-refractivity contribution < 1.29 is 14.3 Å². The molecule has 1 amide bonds. The Morgan fingerprint density at radius 3 is 2.89 bits per heavy atom. The summed E-state index contributed by atoms with van der Waals surface area (Å²) in [7, 11) is 0. The molecule has 1 aliphatic rings. The van der Waals surface area contributed by atoms with Crippen LogP contribution in [0.15, 0.2) is 28.7 Å². The number of amides is 1. The van der Waals surface area contributed by atoms with Crippen LogP contribution in [0.3, 0.4) is 0 Å². The van der Waals surface area contributed by atoms with Crippen molar-refractivity contribution in [2.24, 2.45) is 0 Å². The summed E-state index contributed by atoms with van der Waals surface area (Å²) in [4.78, 5) is 13.7. The van der Waals surface area contributed by atoms with Crippen LogP contribution in [0.4, 0.5) is 0 Å². The van der Waals surface area contributed by atoms with E-state index in [1.54, 1.807) is 4.90 Å². The number of carbonyl (C=O) groups is 1. The quantitative estimate of drug-likeness (QED) is 0.857. The molecular formula is C13H16BrNO3. The molecule has 1 saturated heterocycles. The standard InChI is InChI=1S/C13H16BrNO3/c1-10-8-15(6-7-17-10)13(16)9-18-12-4-2-11(14)3-5-12/h2-5,10H,6-9H2,1H3. The van der Waals surface area contributed by atoms with Gasteiger partial charge in [-0.05, 0) is 31.2 Å². The first-order valence-corrected chi connectivity index (χ1v) is 6.72.